The van der Waals surface area contributed by atoms with Crippen LogP contribution < -0.4 is 5.32 Å². The monoisotopic (exact) mass is 471 g/mol. The standard InChI is InChI=1S/C23H20F3N5OS/c1-3-14(2)15-7-9-16(10-8-15)18-13-33-22(29-18)30-21(32)17-12-28-31(20(17)23(24,25)26)19-6-4-5-11-27-19/h4-14H,3H2,1-2H3,(H,29,30,32). The first kappa shape index (κ1) is 22.7. The normalized spacial score (nSPS) is 12.5. The van der Waals surface area contributed by atoms with Gasteiger partial charge < -0.3 is 0 Å². The number of benzene rings is 1. The molecular formula is C23H20F3N5OS. The number of halogens is 3. The zero-order valence-electron chi connectivity index (χ0n) is 17.8. The van der Waals surface area contributed by atoms with Crippen LogP contribution in [0.3, 0.4) is 0 Å². The minimum atomic E-state index is -4.81. The Hall–Kier alpha value is -3.53. The molecule has 3 aromatic heterocycles. The molecular weight excluding hydrogens is 451 g/mol. The number of amides is 1. The maximum absolute atomic E-state index is 13.8. The highest BCUT2D eigenvalue weighted by atomic mass is 32.1. The molecule has 4 aromatic rings. The molecule has 0 saturated carbocycles. The lowest BCUT2D eigenvalue weighted by Gasteiger charge is -2.11. The lowest BCUT2D eigenvalue weighted by molar-refractivity contribution is -0.143. The van der Waals surface area contributed by atoms with Crippen LogP contribution in [-0.4, -0.2) is 25.7 Å². The van der Waals surface area contributed by atoms with Crippen molar-refractivity contribution in [1.29, 1.82) is 0 Å². The number of rotatable bonds is 6. The van der Waals surface area contributed by atoms with Crippen molar-refractivity contribution in [3.63, 3.8) is 0 Å². The Labute approximate surface area is 192 Å². The molecule has 1 amide bonds. The van der Waals surface area contributed by atoms with Crippen molar-refractivity contribution in [2.45, 2.75) is 32.4 Å². The Morgan fingerprint density at radius 3 is 2.58 bits per heavy atom. The van der Waals surface area contributed by atoms with Gasteiger partial charge in [0.15, 0.2) is 16.6 Å². The van der Waals surface area contributed by atoms with E-state index in [2.05, 4.69) is 34.2 Å². The minimum Gasteiger partial charge on any atom is -0.298 e. The molecule has 4 rings (SSSR count). The Kier molecular flexibility index (Phi) is 6.28. The van der Waals surface area contributed by atoms with Crippen LogP contribution in [-0.2, 0) is 6.18 Å². The number of anilines is 1. The molecule has 0 radical (unpaired) electrons. The van der Waals surface area contributed by atoms with Crippen molar-refractivity contribution in [3.05, 3.63) is 77.1 Å². The highest BCUT2D eigenvalue weighted by molar-refractivity contribution is 7.14. The number of nitrogens with one attached hydrogen (secondary N) is 1. The molecule has 0 fully saturated rings. The number of aromatic nitrogens is 4. The van der Waals surface area contributed by atoms with E-state index in [1.54, 1.807) is 11.4 Å². The molecule has 1 unspecified atom stereocenters. The second kappa shape index (κ2) is 9.14. The second-order valence-corrected chi connectivity index (χ2v) is 8.29. The van der Waals surface area contributed by atoms with E-state index in [1.807, 2.05) is 24.3 Å². The van der Waals surface area contributed by atoms with Crippen LogP contribution in [0.4, 0.5) is 18.3 Å². The molecule has 170 valence electrons. The predicted octanol–water partition coefficient (Wildman–Crippen LogP) is 6.18. The number of hydrogen-bond donors (Lipinski definition) is 1. The summed E-state index contributed by atoms with van der Waals surface area (Å²) in [6.45, 7) is 4.27. The van der Waals surface area contributed by atoms with E-state index in [0.29, 0.717) is 16.3 Å². The summed E-state index contributed by atoms with van der Waals surface area (Å²) in [4.78, 5) is 21.0. The molecule has 3 heterocycles. The van der Waals surface area contributed by atoms with Gasteiger partial charge in [-0.2, -0.15) is 18.3 Å². The van der Waals surface area contributed by atoms with E-state index in [-0.39, 0.29) is 10.9 Å². The number of carbonyl (C=O) groups is 1. The predicted molar refractivity (Wildman–Crippen MR) is 121 cm³/mol. The average Bonchev–Trinajstić information content (AvgIpc) is 3.47. The van der Waals surface area contributed by atoms with Gasteiger partial charge in [-0.3, -0.25) is 10.1 Å². The molecule has 1 aromatic carbocycles. The van der Waals surface area contributed by atoms with Gasteiger partial charge in [0.1, 0.15) is 0 Å². The molecule has 0 aliphatic heterocycles. The maximum Gasteiger partial charge on any atom is 0.434 e. The lowest BCUT2D eigenvalue weighted by atomic mass is 9.97. The van der Waals surface area contributed by atoms with Gasteiger partial charge in [0.05, 0.1) is 17.5 Å². The lowest BCUT2D eigenvalue weighted by Crippen LogP contribution is -2.21. The summed E-state index contributed by atoms with van der Waals surface area (Å²) in [5, 5.41) is 8.15. The smallest absolute Gasteiger partial charge is 0.298 e. The number of pyridine rings is 1. The summed E-state index contributed by atoms with van der Waals surface area (Å²) >= 11 is 1.14. The Balaban J connectivity index is 1.57. The second-order valence-electron chi connectivity index (χ2n) is 7.43. The highest BCUT2D eigenvalue weighted by Gasteiger charge is 2.41. The molecule has 0 bridgehead atoms. The van der Waals surface area contributed by atoms with Crippen molar-refractivity contribution in [1.82, 2.24) is 19.7 Å². The number of thiazole rings is 1. The Morgan fingerprint density at radius 1 is 1.18 bits per heavy atom. The summed E-state index contributed by atoms with van der Waals surface area (Å²) in [6, 6.07) is 12.4. The third-order valence-corrected chi connectivity index (χ3v) is 6.02. The van der Waals surface area contributed by atoms with Crippen LogP contribution in [0.5, 0.6) is 0 Å². The largest absolute Gasteiger partial charge is 0.434 e. The van der Waals surface area contributed by atoms with Crippen molar-refractivity contribution >= 4 is 22.4 Å². The van der Waals surface area contributed by atoms with Crippen LogP contribution in [0, 0.1) is 0 Å². The fourth-order valence-corrected chi connectivity index (χ4v) is 4.00. The molecule has 1 atom stereocenters. The van der Waals surface area contributed by atoms with Crippen LogP contribution in [0.25, 0.3) is 17.1 Å². The fourth-order valence-electron chi connectivity index (χ4n) is 3.29. The quantitative estimate of drug-likeness (QED) is 0.365. The summed E-state index contributed by atoms with van der Waals surface area (Å²) in [5.41, 5.74) is 0.900. The first-order valence-electron chi connectivity index (χ1n) is 10.2. The van der Waals surface area contributed by atoms with Gasteiger partial charge in [-0.25, -0.2) is 14.6 Å². The zero-order valence-corrected chi connectivity index (χ0v) is 18.6. The van der Waals surface area contributed by atoms with Crippen LogP contribution in [0.2, 0.25) is 0 Å². The van der Waals surface area contributed by atoms with E-state index >= 15 is 0 Å². The Bertz CT molecular complexity index is 1250. The number of hydrogen-bond acceptors (Lipinski definition) is 5. The summed E-state index contributed by atoms with van der Waals surface area (Å²) in [6.07, 6.45) is -1.55. The molecule has 10 heteroatoms. The molecule has 0 aliphatic rings. The number of carbonyl (C=O) groups excluding carboxylic acids is 1. The SMILES string of the molecule is CCC(C)c1ccc(-c2csc(NC(=O)c3cnn(-c4ccccn4)c3C(F)(F)F)n2)cc1. The first-order chi connectivity index (χ1) is 15.8. The van der Waals surface area contributed by atoms with Crippen molar-refractivity contribution in [2.75, 3.05) is 5.32 Å². The first-order valence-corrected chi connectivity index (χ1v) is 11.1. The number of alkyl halides is 3. The highest BCUT2D eigenvalue weighted by Crippen LogP contribution is 2.34. The topological polar surface area (TPSA) is 72.7 Å². The molecule has 0 spiro atoms. The zero-order chi connectivity index (χ0) is 23.6. The summed E-state index contributed by atoms with van der Waals surface area (Å²) in [5.74, 6) is -0.544. The third-order valence-electron chi connectivity index (χ3n) is 5.26. The molecule has 6 nitrogen and oxygen atoms in total. The van der Waals surface area contributed by atoms with Crippen LogP contribution in [0.15, 0.2) is 60.2 Å². The van der Waals surface area contributed by atoms with Gasteiger partial charge >= 0.3 is 6.18 Å². The van der Waals surface area contributed by atoms with Crippen LogP contribution >= 0.6 is 11.3 Å². The third kappa shape index (κ3) is 4.80. The van der Waals surface area contributed by atoms with Gasteiger partial charge in [-0.05, 0) is 30.0 Å². The van der Waals surface area contributed by atoms with E-state index in [1.165, 1.54) is 23.9 Å². The van der Waals surface area contributed by atoms with Gasteiger partial charge in [0.25, 0.3) is 5.91 Å². The molecule has 0 saturated heterocycles. The Morgan fingerprint density at radius 2 is 1.94 bits per heavy atom. The summed E-state index contributed by atoms with van der Waals surface area (Å²) < 4.78 is 42.0. The fraction of sp³-hybridized carbons (Fsp3) is 0.217. The number of nitrogens with zero attached hydrogens (tertiary/aromatic N) is 4. The van der Waals surface area contributed by atoms with Crippen molar-refractivity contribution in [3.8, 4) is 17.1 Å². The summed E-state index contributed by atoms with van der Waals surface area (Å²) in [7, 11) is 0. The molecule has 1 N–H and O–H groups in total. The maximum atomic E-state index is 13.8. The van der Waals surface area contributed by atoms with Crippen molar-refractivity contribution in [2.24, 2.45) is 0 Å². The molecule has 0 aliphatic carbocycles. The van der Waals surface area contributed by atoms with Gasteiger partial charge in [0.2, 0.25) is 0 Å². The van der Waals surface area contributed by atoms with Crippen molar-refractivity contribution < 1.29 is 18.0 Å². The average molecular weight is 472 g/mol. The van der Waals surface area contributed by atoms with Gasteiger partial charge in [0, 0.05) is 17.1 Å². The van der Waals surface area contributed by atoms with E-state index in [9.17, 15) is 18.0 Å². The van der Waals surface area contributed by atoms with Crippen LogP contribution in [0.1, 0.15) is 47.8 Å². The van der Waals surface area contributed by atoms with E-state index in [4.69, 9.17) is 0 Å². The van der Waals surface area contributed by atoms with Gasteiger partial charge in [-0.15, -0.1) is 11.3 Å². The van der Waals surface area contributed by atoms with E-state index in [0.717, 1.165) is 29.5 Å². The molecule has 33 heavy (non-hydrogen) atoms. The minimum absolute atomic E-state index is 0.0405. The van der Waals surface area contributed by atoms with E-state index < -0.39 is 23.3 Å². The van der Waals surface area contributed by atoms with Gasteiger partial charge in [-0.1, -0.05) is 44.2 Å².